The number of nitrogens with one attached hydrogen (secondary N) is 1. The molecular formula is C36H47N5O5S. The Hall–Kier alpha value is -3.54. The molecule has 10 nitrogen and oxygen atoms in total. The van der Waals surface area contributed by atoms with Crippen molar-refractivity contribution < 1.29 is 24.2 Å². The number of fused-ring (bicyclic) bond motifs is 3. The molecule has 6 rings (SSSR count). The van der Waals surface area contributed by atoms with Gasteiger partial charge < -0.3 is 30.5 Å². The van der Waals surface area contributed by atoms with Crippen LogP contribution in [0.1, 0.15) is 78.1 Å². The number of hydrogen-bond donors (Lipinski definition) is 3. The standard InChI is InChI=1S/C36H47N5O5S/c1-22(2)38-35-40-29(21-47-35)28-18-32(26-13-12-24(45-3)16-27(26)39-28)46-25-17-30-31(42)14-15-36(34(37)44)19-23(36)10-8-6-4-5-7-9-11-33(43)41(30)20-25/h8,10,12-13,16,18,21-23,25,30,34,44H,4-7,9,11,14-15,17,19-20,37H2,1-3H3,(H,38,40)/b10-8-/t23-,25-,30+,34?,36+/m1/s1. The van der Waals surface area contributed by atoms with E-state index in [0.29, 0.717) is 48.5 Å². The number of benzene rings is 1. The van der Waals surface area contributed by atoms with Crippen LogP contribution >= 0.6 is 11.3 Å². The second kappa shape index (κ2) is 14.3. The molecule has 0 bridgehead atoms. The molecule has 5 atom stereocenters. The van der Waals surface area contributed by atoms with E-state index in [-0.39, 0.29) is 36.2 Å². The van der Waals surface area contributed by atoms with Gasteiger partial charge >= 0.3 is 0 Å². The largest absolute Gasteiger partial charge is 0.497 e. The molecule has 1 aliphatic carbocycles. The minimum Gasteiger partial charge on any atom is -0.497 e. The first-order chi connectivity index (χ1) is 22.7. The molecule has 4 heterocycles. The Balaban J connectivity index is 1.26. The van der Waals surface area contributed by atoms with Crippen LogP contribution in [0, 0.1) is 11.3 Å². The molecule has 1 aromatic carbocycles. The average Bonchev–Trinajstić information content (AvgIpc) is 3.32. The van der Waals surface area contributed by atoms with Crippen LogP contribution in [0.25, 0.3) is 22.3 Å². The number of nitrogens with two attached hydrogens (primary N) is 1. The number of aliphatic hydroxyl groups excluding tert-OH is 1. The molecule has 0 radical (unpaired) electrons. The van der Waals surface area contributed by atoms with E-state index < -0.39 is 17.7 Å². The van der Waals surface area contributed by atoms with Crippen LogP contribution in [0.5, 0.6) is 11.5 Å². The Morgan fingerprint density at radius 3 is 2.72 bits per heavy atom. The SMILES string of the molecule is COc1ccc2c(O[C@@H]3C[C@H]4C(=O)CC[C@]5(C(N)O)C[C@H]5/C=C\CCCCCCC(=O)N4C3)cc(-c3csc(NC(C)C)n3)nc2c1. The molecule has 2 aliphatic heterocycles. The summed E-state index contributed by atoms with van der Waals surface area (Å²) in [6.07, 6.45) is 10.2. The topological polar surface area (TPSA) is 140 Å². The van der Waals surface area contributed by atoms with Gasteiger partial charge in [-0.15, -0.1) is 11.3 Å². The normalized spacial score (nSPS) is 26.9. The zero-order valence-corrected chi connectivity index (χ0v) is 28.4. The van der Waals surface area contributed by atoms with Gasteiger partial charge in [0.25, 0.3) is 0 Å². The third-order valence-corrected chi connectivity index (χ3v) is 10.7. The first-order valence-corrected chi connectivity index (χ1v) is 17.8. The lowest BCUT2D eigenvalue weighted by atomic mass is 9.91. The molecule has 1 unspecified atom stereocenters. The summed E-state index contributed by atoms with van der Waals surface area (Å²) < 4.78 is 12.2. The van der Waals surface area contributed by atoms with Crippen molar-refractivity contribution in [3.8, 4) is 22.9 Å². The first kappa shape index (κ1) is 33.4. The third kappa shape index (κ3) is 7.47. The lowest BCUT2D eigenvalue weighted by Crippen LogP contribution is -2.41. The second-order valence-corrected chi connectivity index (χ2v) is 14.5. The van der Waals surface area contributed by atoms with Crippen molar-refractivity contribution in [2.75, 3.05) is 19.0 Å². The van der Waals surface area contributed by atoms with E-state index in [4.69, 9.17) is 25.2 Å². The minimum absolute atomic E-state index is 0.00280. The maximum absolute atomic E-state index is 13.8. The summed E-state index contributed by atoms with van der Waals surface area (Å²) in [5, 5.41) is 17.4. The van der Waals surface area contributed by atoms with E-state index in [9.17, 15) is 14.7 Å². The van der Waals surface area contributed by atoms with Crippen LogP contribution in [0.3, 0.4) is 0 Å². The number of pyridine rings is 1. The Bertz CT molecular complexity index is 1620. The number of carbonyl (C=O) groups excluding carboxylic acids is 2. The highest BCUT2D eigenvalue weighted by Gasteiger charge is 2.56. The molecule has 1 saturated heterocycles. The molecule has 4 N–H and O–H groups in total. The summed E-state index contributed by atoms with van der Waals surface area (Å²) in [5.74, 6) is 1.49. The van der Waals surface area contributed by atoms with Crippen molar-refractivity contribution in [3.63, 3.8) is 0 Å². The number of thiazole rings is 1. The fourth-order valence-corrected chi connectivity index (χ4v) is 7.94. The molecule has 11 heteroatoms. The number of aliphatic hydroxyl groups is 1. The van der Waals surface area contributed by atoms with Gasteiger partial charge in [-0.2, -0.15) is 0 Å². The summed E-state index contributed by atoms with van der Waals surface area (Å²) in [5.41, 5.74) is 7.69. The third-order valence-electron chi connectivity index (χ3n) is 9.89. The number of nitrogens with zero attached hydrogens (tertiary/aromatic N) is 3. The van der Waals surface area contributed by atoms with Crippen LogP contribution in [-0.4, -0.2) is 69.7 Å². The number of amides is 1. The summed E-state index contributed by atoms with van der Waals surface area (Å²) in [6, 6.07) is 7.26. The summed E-state index contributed by atoms with van der Waals surface area (Å²) in [4.78, 5) is 38.8. The lowest BCUT2D eigenvalue weighted by molar-refractivity contribution is -0.138. The van der Waals surface area contributed by atoms with Gasteiger partial charge in [-0.25, -0.2) is 9.97 Å². The van der Waals surface area contributed by atoms with Crippen molar-refractivity contribution >= 4 is 39.1 Å². The smallest absolute Gasteiger partial charge is 0.223 e. The number of allylic oxidation sites excluding steroid dienone is 2. The summed E-state index contributed by atoms with van der Waals surface area (Å²) in [6.45, 7) is 4.47. The quantitative estimate of drug-likeness (QED) is 0.203. The van der Waals surface area contributed by atoms with Crippen molar-refractivity contribution in [2.45, 2.75) is 102 Å². The number of aromatic nitrogens is 2. The van der Waals surface area contributed by atoms with E-state index in [2.05, 4.69) is 31.3 Å². The zero-order valence-electron chi connectivity index (χ0n) is 27.6. The van der Waals surface area contributed by atoms with Crippen LogP contribution in [0.2, 0.25) is 0 Å². The summed E-state index contributed by atoms with van der Waals surface area (Å²) >= 11 is 1.52. The van der Waals surface area contributed by atoms with Crippen molar-refractivity contribution in [1.82, 2.24) is 14.9 Å². The van der Waals surface area contributed by atoms with Gasteiger partial charge in [0.05, 0.1) is 30.9 Å². The fraction of sp³-hybridized carbons (Fsp3) is 0.556. The molecule has 2 aromatic heterocycles. The van der Waals surface area contributed by atoms with E-state index in [1.54, 1.807) is 12.0 Å². The monoisotopic (exact) mass is 661 g/mol. The highest BCUT2D eigenvalue weighted by molar-refractivity contribution is 7.14. The number of carbonyl (C=O) groups is 2. The van der Waals surface area contributed by atoms with E-state index >= 15 is 0 Å². The maximum Gasteiger partial charge on any atom is 0.223 e. The number of ether oxygens (including phenoxy) is 2. The Kier molecular flexibility index (Phi) is 10.1. The predicted octanol–water partition coefficient (Wildman–Crippen LogP) is 6.08. The highest BCUT2D eigenvalue weighted by Crippen LogP contribution is 2.58. The zero-order chi connectivity index (χ0) is 33.1. The van der Waals surface area contributed by atoms with Gasteiger partial charge in [0.2, 0.25) is 5.91 Å². The van der Waals surface area contributed by atoms with E-state index in [1.807, 2.05) is 29.6 Å². The van der Waals surface area contributed by atoms with Crippen LogP contribution in [-0.2, 0) is 9.59 Å². The van der Waals surface area contributed by atoms with Crippen LogP contribution in [0.4, 0.5) is 5.13 Å². The predicted molar refractivity (Wildman–Crippen MR) is 185 cm³/mol. The Morgan fingerprint density at radius 1 is 1.11 bits per heavy atom. The molecule has 47 heavy (non-hydrogen) atoms. The minimum atomic E-state index is -0.982. The molecule has 0 spiro atoms. The number of rotatable bonds is 7. The van der Waals surface area contributed by atoms with Crippen LogP contribution in [0.15, 0.2) is 41.8 Å². The molecule has 1 saturated carbocycles. The number of methoxy groups -OCH3 is 1. The molecular weight excluding hydrogens is 614 g/mol. The van der Waals surface area contributed by atoms with Gasteiger partial charge in [-0.05, 0) is 64.0 Å². The number of anilines is 1. The maximum atomic E-state index is 13.8. The second-order valence-electron chi connectivity index (χ2n) is 13.6. The van der Waals surface area contributed by atoms with Gasteiger partial charge in [0.1, 0.15) is 29.5 Å². The lowest BCUT2D eigenvalue weighted by Gasteiger charge is -2.25. The molecule has 3 aliphatic rings. The van der Waals surface area contributed by atoms with Gasteiger partial charge in [-0.3, -0.25) is 9.59 Å². The van der Waals surface area contributed by atoms with E-state index in [1.165, 1.54) is 11.3 Å². The molecule has 252 valence electrons. The first-order valence-electron chi connectivity index (χ1n) is 17.0. The van der Waals surface area contributed by atoms with Crippen molar-refractivity contribution in [2.24, 2.45) is 17.1 Å². The Morgan fingerprint density at radius 2 is 1.94 bits per heavy atom. The van der Waals surface area contributed by atoms with Gasteiger partial charge in [-0.1, -0.05) is 25.0 Å². The highest BCUT2D eigenvalue weighted by atomic mass is 32.1. The average molecular weight is 662 g/mol. The van der Waals surface area contributed by atoms with Crippen molar-refractivity contribution in [1.29, 1.82) is 0 Å². The number of hydrogen-bond acceptors (Lipinski definition) is 10. The molecule has 3 aromatic rings. The Labute approximate surface area is 280 Å². The van der Waals surface area contributed by atoms with E-state index in [0.717, 1.165) is 54.7 Å². The van der Waals surface area contributed by atoms with Crippen LogP contribution < -0.4 is 20.5 Å². The number of ketones is 1. The summed E-state index contributed by atoms with van der Waals surface area (Å²) in [7, 11) is 1.62. The number of Topliss-reactive ketones (excluding diaryl/α,β-unsaturated/α-hetero) is 1. The fourth-order valence-electron chi connectivity index (χ4n) is 7.08. The van der Waals surface area contributed by atoms with Gasteiger partial charge in [0.15, 0.2) is 10.9 Å². The van der Waals surface area contributed by atoms with Gasteiger partial charge in [0, 0.05) is 53.6 Å². The van der Waals surface area contributed by atoms with Crippen molar-refractivity contribution in [3.05, 3.63) is 41.8 Å². The molecule has 2 fully saturated rings. The molecule has 1 amide bonds.